The molecule has 2 rings (SSSR count). The molecule has 0 aliphatic rings. The number of nitrogens with one attached hydrogen (secondary N) is 1. The van der Waals surface area contributed by atoms with Crippen molar-refractivity contribution in [2.45, 2.75) is 32.7 Å². The Labute approximate surface area is 120 Å². The molecule has 0 heterocycles. The predicted octanol–water partition coefficient (Wildman–Crippen LogP) is 3.81. The van der Waals surface area contributed by atoms with E-state index in [4.69, 9.17) is 0 Å². The topological polar surface area (TPSA) is 29.1 Å². The zero-order valence-corrected chi connectivity index (χ0v) is 12.1. The van der Waals surface area contributed by atoms with Gasteiger partial charge in [-0.25, -0.2) is 0 Å². The maximum Gasteiger partial charge on any atom is 0.224 e. The Bertz CT molecular complexity index is 545. The lowest BCUT2D eigenvalue weighted by Gasteiger charge is -2.17. The van der Waals surface area contributed by atoms with Crippen LogP contribution in [0, 0.1) is 6.92 Å². The largest absolute Gasteiger partial charge is 0.349 e. The molecular formula is C18H21NO. The van der Waals surface area contributed by atoms with Crippen LogP contribution in [0.4, 0.5) is 0 Å². The monoisotopic (exact) mass is 267 g/mol. The third-order valence-corrected chi connectivity index (χ3v) is 3.43. The zero-order chi connectivity index (χ0) is 14.4. The van der Waals surface area contributed by atoms with Gasteiger partial charge in [0, 0.05) is 0 Å². The van der Waals surface area contributed by atoms with Crippen molar-refractivity contribution < 1.29 is 4.79 Å². The van der Waals surface area contributed by atoms with Gasteiger partial charge in [-0.3, -0.25) is 4.79 Å². The maximum atomic E-state index is 12.1. The number of aryl methyl sites for hydroxylation is 1. The van der Waals surface area contributed by atoms with Gasteiger partial charge >= 0.3 is 0 Å². The molecule has 2 heteroatoms. The van der Waals surface area contributed by atoms with E-state index in [0.717, 1.165) is 17.5 Å². The Hall–Kier alpha value is -2.09. The van der Waals surface area contributed by atoms with Crippen molar-refractivity contribution in [2.24, 2.45) is 0 Å². The van der Waals surface area contributed by atoms with E-state index in [2.05, 4.69) is 24.4 Å². The summed E-state index contributed by atoms with van der Waals surface area (Å²) in [7, 11) is 0. The number of carbonyl (C=O) groups is 1. The average Bonchev–Trinajstić information content (AvgIpc) is 2.48. The first-order valence-electron chi connectivity index (χ1n) is 7.09. The third kappa shape index (κ3) is 3.95. The SMILES string of the molecule is CCC(NC(=O)Cc1ccc(C)cc1)c1ccccc1. The number of carbonyl (C=O) groups excluding carboxylic acids is 1. The highest BCUT2D eigenvalue weighted by atomic mass is 16.1. The van der Waals surface area contributed by atoms with Crippen LogP contribution in [-0.2, 0) is 11.2 Å². The standard InChI is InChI=1S/C18H21NO/c1-3-17(16-7-5-4-6-8-16)19-18(20)13-15-11-9-14(2)10-12-15/h4-12,17H,3,13H2,1-2H3,(H,19,20). The second kappa shape index (κ2) is 6.90. The molecule has 20 heavy (non-hydrogen) atoms. The fourth-order valence-corrected chi connectivity index (χ4v) is 2.24. The van der Waals surface area contributed by atoms with E-state index in [9.17, 15) is 4.79 Å². The van der Waals surface area contributed by atoms with Gasteiger partial charge < -0.3 is 5.32 Å². The summed E-state index contributed by atoms with van der Waals surface area (Å²) in [6.07, 6.45) is 1.33. The molecule has 0 saturated heterocycles. The fraction of sp³-hybridized carbons (Fsp3) is 0.278. The summed E-state index contributed by atoms with van der Waals surface area (Å²) >= 11 is 0. The summed E-state index contributed by atoms with van der Waals surface area (Å²) in [5.74, 6) is 0.0737. The highest BCUT2D eigenvalue weighted by molar-refractivity contribution is 5.79. The molecule has 0 saturated carbocycles. The van der Waals surface area contributed by atoms with Crippen LogP contribution in [-0.4, -0.2) is 5.91 Å². The van der Waals surface area contributed by atoms with E-state index in [1.807, 2.05) is 49.4 Å². The second-order valence-electron chi connectivity index (χ2n) is 5.10. The van der Waals surface area contributed by atoms with Gasteiger partial charge in [0.1, 0.15) is 0 Å². The van der Waals surface area contributed by atoms with E-state index < -0.39 is 0 Å². The van der Waals surface area contributed by atoms with Crippen molar-refractivity contribution >= 4 is 5.91 Å². The van der Waals surface area contributed by atoms with Crippen LogP contribution in [0.3, 0.4) is 0 Å². The van der Waals surface area contributed by atoms with E-state index in [1.165, 1.54) is 5.56 Å². The van der Waals surface area contributed by atoms with Crippen LogP contribution in [0.2, 0.25) is 0 Å². The quantitative estimate of drug-likeness (QED) is 0.877. The molecule has 0 aliphatic heterocycles. The molecule has 2 aromatic rings. The number of amides is 1. The van der Waals surface area contributed by atoms with Gasteiger partial charge in [0.05, 0.1) is 12.5 Å². The molecule has 1 unspecified atom stereocenters. The third-order valence-electron chi connectivity index (χ3n) is 3.43. The normalized spacial score (nSPS) is 11.9. The lowest BCUT2D eigenvalue weighted by Crippen LogP contribution is -2.29. The minimum atomic E-state index is 0.0737. The summed E-state index contributed by atoms with van der Waals surface area (Å²) in [6, 6.07) is 18.3. The zero-order valence-electron chi connectivity index (χ0n) is 12.1. The molecule has 1 atom stereocenters. The summed E-state index contributed by atoms with van der Waals surface area (Å²) < 4.78 is 0. The minimum absolute atomic E-state index is 0.0737. The number of hydrogen-bond acceptors (Lipinski definition) is 1. The summed E-state index contributed by atoms with van der Waals surface area (Å²) in [5.41, 5.74) is 3.42. The van der Waals surface area contributed by atoms with Gasteiger partial charge in [-0.1, -0.05) is 67.1 Å². The van der Waals surface area contributed by atoms with Crippen molar-refractivity contribution in [3.63, 3.8) is 0 Å². The number of hydrogen-bond donors (Lipinski definition) is 1. The molecule has 0 bridgehead atoms. The Kier molecular flexibility index (Phi) is 4.94. The van der Waals surface area contributed by atoms with Crippen LogP contribution in [0.5, 0.6) is 0 Å². The van der Waals surface area contributed by atoms with Gasteiger partial charge in [-0.05, 0) is 24.5 Å². The first-order chi connectivity index (χ1) is 9.69. The molecule has 0 spiro atoms. The van der Waals surface area contributed by atoms with Crippen molar-refractivity contribution in [1.29, 1.82) is 0 Å². The van der Waals surface area contributed by atoms with E-state index in [1.54, 1.807) is 0 Å². The van der Waals surface area contributed by atoms with E-state index >= 15 is 0 Å². The molecule has 1 N–H and O–H groups in total. The van der Waals surface area contributed by atoms with Crippen LogP contribution in [0.25, 0.3) is 0 Å². The molecule has 104 valence electrons. The Morgan fingerprint density at radius 1 is 1.05 bits per heavy atom. The Morgan fingerprint density at radius 3 is 2.30 bits per heavy atom. The van der Waals surface area contributed by atoms with Gasteiger partial charge in [0.2, 0.25) is 5.91 Å². The molecule has 0 aromatic heterocycles. The molecule has 0 radical (unpaired) electrons. The van der Waals surface area contributed by atoms with Gasteiger partial charge in [-0.2, -0.15) is 0 Å². The molecular weight excluding hydrogens is 246 g/mol. The molecule has 2 aromatic carbocycles. The van der Waals surface area contributed by atoms with Crippen LogP contribution in [0.15, 0.2) is 54.6 Å². The average molecular weight is 267 g/mol. The van der Waals surface area contributed by atoms with Gasteiger partial charge in [-0.15, -0.1) is 0 Å². The minimum Gasteiger partial charge on any atom is -0.349 e. The van der Waals surface area contributed by atoms with Crippen molar-refractivity contribution in [3.8, 4) is 0 Å². The molecule has 2 nitrogen and oxygen atoms in total. The first kappa shape index (κ1) is 14.3. The Morgan fingerprint density at radius 2 is 1.70 bits per heavy atom. The van der Waals surface area contributed by atoms with E-state index in [0.29, 0.717) is 6.42 Å². The van der Waals surface area contributed by atoms with Crippen molar-refractivity contribution in [3.05, 3.63) is 71.3 Å². The van der Waals surface area contributed by atoms with E-state index in [-0.39, 0.29) is 11.9 Å². The maximum absolute atomic E-state index is 12.1. The lowest BCUT2D eigenvalue weighted by molar-refractivity contribution is -0.121. The highest BCUT2D eigenvalue weighted by Crippen LogP contribution is 2.16. The van der Waals surface area contributed by atoms with Gasteiger partial charge in [0.25, 0.3) is 0 Å². The lowest BCUT2D eigenvalue weighted by atomic mass is 10.0. The summed E-state index contributed by atoms with van der Waals surface area (Å²) in [5, 5.41) is 3.11. The van der Waals surface area contributed by atoms with Crippen LogP contribution >= 0.6 is 0 Å². The molecule has 0 fully saturated rings. The number of rotatable bonds is 5. The number of benzene rings is 2. The molecule has 0 aliphatic carbocycles. The second-order valence-corrected chi connectivity index (χ2v) is 5.10. The van der Waals surface area contributed by atoms with Crippen LogP contribution in [0.1, 0.15) is 36.1 Å². The van der Waals surface area contributed by atoms with Crippen molar-refractivity contribution in [1.82, 2.24) is 5.32 Å². The Balaban J connectivity index is 1.97. The van der Waals surface area contributed by atoms with Crippen molar-refractivity contribution in [2.75, 3.05) is 0 Å². The summed E-state index contributed by atoms with van der Waals surface area (Å²) in [6.45, 7) is 4.14. The fourth-order valence-electron chi connectivity index (χ4n) is 2.24. The predicted molar refractivity (Wildman–Crippen MR) is 82.5 cm³/mol. The highest BCUT2D eigenvalue weighted by Gasteiger charge is 2.12. The first-order valence-corrected chi connectivity index (χ1v) is 7.09. The summed E-state index contributed by atoms with van der Waals surface area (Å²) in [4.78, 5) is 12.1. The molecule has 1 amide bonds. The van der Waals surface area contributed by atoms with Crippen LogP contribution < -0.4 is 5.32 Å². The smallest absolute Gasteiger partial charge is 0.224 e. The van der Waals surface area contributed by atoms with Gasteiger partial charge in [0.15, 0.2) is 0 Å².